The van der Waals surface area contributed by atoms with Crippen LogP contribution in [0.2, 0.25) is 0 Å². The van der Waals surface area contributed by atoms with Crippen LogP contribution in [0.1, 0.15) is 12.8 Å². The van der Waals surface area contributed by atoms with Crippen molar-refractivity contribution >= 4 is 38.2 Å². The van der Waals surface area contributed by atoms with Gasteiger partial charge in [0.1, 0.15) is 6.35 Å². The molecule has 0 rings (SSSR count). The normalized spacial score (nSPS) is 11.4. The van der Waals surface area contributed by atoms with Crippen LogP contribution in [0.15, 0.2) is 0 Å². The number of carboxylic acids is 1. The molecule has 7 heteroatoms. The third kappa shape index (κ3) is 6.63. The summed E-state index contributed by atoms with van der Waals surface area (Å²) in [6.07, 6.45) is -1.24. The molecule has 0 fully saturated rings. The predicted octanol–water partition coefficient (Wildman–Crippen LogP) is -0.761. The van der Waals surface area contributed by atoms with Gasteiger partial charge in [0.15, 0.2) is 13.3 Å². The Hall–Kier alpha value is -0.0726. The molecule has 12 heavy (non-hydrogen) atoms. The molecule has 0 aromatic carbocycles. The molecule has 0 aliphatic rings. The number of hydrogen-bond acceptors (Lipinski definition) is 4. The molecule has 0 saturated carbocycles. The van der Waals surface area contributed by atoms with Crippen molar-refractivity contribution in [3.05, 3.63) is 0 Å². The molecular weight excluding hydrogens is 178 g/mol. The maximum atomic E-state index is 10.6. The van der Waals surface area contributed by atoms with Gasteiger partial charge in [-0.2, -0.15) is 0 Å². The fourth-order valence-electron chi connectivity index (χ4n) is 0.448. The molecule has 0 heterocycles. The summed E-state index contributed by atoms with van der Waals surface area (Å²) in [6, 6.07) is 0. The zero-order valence-corrected chi connectivity index (χ0v) is 6.74. The van der Waals surface area contributed by atoms with Crippen LogP contribution in [-0.2, 0) is 14.2 Å². The SMILES string of the molecule is O=C(O)CCC(=O)[PH](=O)CO.[LiH]. The Bertz CT molecular complexity index is 192. The second-order valence-corrected chi connectivity index (χ2v) is 3.62. The van der Waals surface area contributed by atoms with E-state index < -0.39 is 25.6 Å². The zero-order valence-electron chi connectivity index (χ0n) is 5.74. The Balaban J connectivity index is 0. The van der Waals surface area contributed by atoms with Crippen LogP contribution in [0.4, 0.5) is 0 Å². The molecule has 66 valence electrons. The summed E-state index contributed by atoms with van der Waals surface area (Å²) < 4.78 is 10.5. The molecule has 0 bridgehead atoms. The first-order valence-corrected chi connectivity index (χ1v) is 4.58. The van der Waals surface area contributed by atoms with Crippen LogP contribution in [-0.4, -0.2) is 46.9 Å². The van der Waals surface area contributed by atoms with Crippen molar-refractivity contribution in [2.24, 2.45) is 0 Å². The van der Waals surface area contributed by atoms with Gasteiger partial charge < -0.3 is 14.8 Å². The van der Waals surface area contributed by atoms with Gasteiger partial charge in [0.2, 0.25) is 0 Å². The van der Waals surface area contributed by atoms with E-state index in [0.717, 1.165) is 0 Å². The molecule has 0 aliphatic heterocycles. The molecule has 0 radical (unpaired) electrons. The molecule has 0 aromatic rings. The molecule has 0 aromatic heterocycles. The molecule has 0 spiro atoms. The average molecular weight is 188 g/mol. The van der Waals surface area contributed by atoms with Crippen LogP contribution in [0.25, 0.3) is 0 Å². The minimum atomic E-state index is -2.60. The van der Waals surface area contributed by atoms with E-state index in [-0.39, 0.29) is 31.7 Å². The van der Waals surface area contributed by atoms with E-state index in [1.165, 1.54) is 0 Å². The first-order valence-electron chi connectivity index (χ1n) is 2.96. The monoisotopic (exact) mass is 188 g/mol. The van der Waals surface area contributed by atoms with Crippen molar-refractivity contribution in [3.8, 4) is 0 Å². The molecular formula is C5H10LiO5P. The van der Waals surface area contributed by atoms with Crippen LogP contribution < -0.4 is 0 Å². The molecule has 1 atom stereocenters. The Morgan fingerprint density at radius 2 is 1.75 bits per heavy atom. The number of hydrogen-bond donors (Lipinski definition) is 2. The van der Waals surface area contributed by atoms with E-state index in [2.05, 4.69) is 0 Å². The summed E-state index contributed by atoms with van der Waals surface area (Å²) in [5.41, 5.74) is -0.653. The molecule has 5 nitrogen and oxygen atoms in total. The molecule has 0 amide bonds. The Morgan fingerprint density at radius 3 is 2.08 bits per heavy atom. The topological polar surface area (TPSA) is 91.7 Å². The van der Waals surface area contributed by atoms with Crippen molar-refractivity contribution in [2.75, 3.05) is 6.35 Å². The number of aliphatic carboxylic acids is 1. The van der Waals surface area contributed by atoms with E-state index in [0.29, 0.717) is 0 Å². The standard InChI is InChI=1S/C5H9O5P.Li.H/c6-3-11(10)5(9)2-1-4(7)8;;/h6,11H,1-3H2,(H,7,8);;. The van der Waals surface area contributed by atoms with Crippen molar-refractivity contribution in [2.45, 2.75) is 12.8 Å². The zero-order chi connectivity index (χ0) is 8.85. The Morgan fingerprint density at radius 1 is 1.25 bits per heavy atom. The summed E-state index contributed by atoms with van der Waals surface area (Å²) in [4.78, 5) is 20.5. The van der Waals surface area contributed by atoms with Gasteiger partial charge in [0, 0.05) is 6.42 Å². The van der Waals surface area contributed by atoms with Gasteiger partial charge in [-0.1, -0.05) is 0 Å². The first-order chi connectivity index (χ1) is 5.07. The van der Waals surface area contributed by atoms with Gasteiger partial charge in [-0.05, 0) is 0 Å². The van der Waals surface area contributed by atoms with Crippen molar-refractivity contribution in [1.82, 2.24) is 0 Å². The fraction of sp³-hybridized carbons (Fsp3) is 0.600. The fourth-order valence-corrected chi connectivity index (χ4v) is 1.03. The second kappa shape index (κ2) is 7.57. The maximum absolute atomic E-state index is 10.6. The predicted molar refractivity (Wildman–Crippen MR) is 45.1 cm³/mol. The summed E-state index contributed by atoms with van der Waals surface area (Å²) >= 11 is 0. The Kier molecular flexibility index (Phi) is 9.12. The number of aliphatic hydroxyl groups is 1. The third-order valence-corrected chi connectivity index (χ3v) is 2.18. The van der Waals surface area contributed by atoms with Crippen LogP contribution in [0.5, 0.6) is 0 Å². The molecule has 0 saturated heterocycles. The van der Waals surface area contributed by atoms with Gasteiger partial charge in [-0.15, -0.1) is 0 Å². The third-order valence-electron chi connectivity index (χ3n) is 1.02. The molecule has 2 N–H and O–H groups in total. The van der Waals surface area contributed by atoms with Crippen molar-refractivity contribution < 1.29 is 24.4 Å². The number of rotatable bonds is 5. The number of carbonyl (C=O) groups excluding carboxylic acids is 1. The van der Waals surface area contributed by atoms with Crippen molar-refractivity contribution in [1.29, 1.82) is 0 Å². The summed E-state index contributed by atoms with van der Waals surface area (Å²) in [7, 11) is -2.60. The summed E-state index contributed by atoms with van der Waals surface area (Å²) in [5.74, 6) is -1.11. The van der Waals surface area contributed by atoms with Gasteiger partial charge in [-0.3, -0.25) is 9.59 Å². The van der Waals surface area contributed by atoms with Gasteiger partial charge >= 0.3 is 24.8 Å². The quantitative estimate of drug-likeness (QED) is 0.437. The van der Waals surface area contributed by atoms with Gasteiger partial charge in [0.05, 0.1) is 6.42 Å². The van der Waals surface area contributed by atoms with Crippen LogP contribution >= 0.6 is 7.80 Å². The second-order valence-electron chi connectivity index (χ2n) is 1.90. The van der Waals surface area contributed by atoms with E-state index in [9.17, 15) is 14.2 Å². The van der Waals surface area contributed by atoms with Gasteiger partial charge in [0.25, 0.3) is 0 Å². The molecule has 1 unspecified atom stereocenters. The molecule has 0 aliphatic carbocycles. The van der Waals surface area contributed by atoms with Crippen molar-refractivity contribution in [3.63, 3.8) is 0 Å². The summed E-state index contributed by atoms with van der Waals surface area (Å²) in [6.45, 7) is 0. The average Bonchev–Trinajstić information content (AvgIpc) is 1.98. The van der Waals surface area contributed by atoms with E-state index in [4.69, 9.17) is 10.2 Å². The summed E-state index contributed by atoms with van der Waals surface area (Å²) in [5, 5.41) is 16.3. The number of carbonyl (C=O) groups is 2. The van der Waals surface area contributed by atoms with Crippen LogP contribution in [0.3, 0.4) is 0 Å². The van der Waals surface area contributed by atoms with E-state index in [1.807, 2.05) is 0 Å². The number of carboxylic acid groups (broad SMARTS) is 1. The first kappa shape index (κ1) is 14.5. The number of aliphatic hydroxyl groups excluding tert-OH is 1. The van der Waals surface area contributed by atoms with Crippen LogP contribution in [0, 0.1) is 0 Å². The Labute approximate surface area is 82.1 Å². The van der Waals surface area contributed by atoms with E-state index in [1.54, 1.807) is 0 Å². The van der Waals surface area contributed by atoms with E-state index >= 15 is 0 Å². The van der Waals surface area contributed by atoms with Gasteiger partial charge in [-0.25, -0.2) is 0 Å². The minimum absolute atomic E-state index is 0.